The molecule has 0 atom stereocenters. The Morgan fingerprint density at radius 3 is 2.72 bits per heavy atom. The topological polar surface area (TPSA) is 91.6 Å². The molecule has 0 aliphatic carbocycles. The summed E-state index contributed by atoms with van der Waals surface area (Å²) in [5, 5.41) is 10.6. The van der Waals surface area contributed by atoms with Crippen molar-refractivity contribution in [1.82, 2.24) is 4.98 Å². The summed E-state index contributed by atoms with van der Waals surface area (Å²) < 4.78 is 10.0. The van der Waals surface area contributed by atoms with Gasteiger partial charge in [0, 0.05) is 0 Å². The first kappa shape index (κ1) is 13.9. The van der Waals surface area contributed by atoms with E-state index in [4.69, 9.17) is 9.47 Å². The van der Waals surface area contributed by atoms with Crippen LogP contribution in [0.5, 0.6) is 5.75 Å². The fourth-order valence-electron chi connectivity index (χ4n) is 1.14. The number of nitrogens with zero attached hydrogens (tertiary/aromatic N) is 2. The molecule has 0 amide bonds. The van der Waals surface area contributed by atoms with E-state index in [1.54, 1.807) is 20.8 Å². The quantitative estimate of drug-likeness (QED) is 0.461. The molecule has 0 N–H and O–H groups in total. The van der Waals surface area contributed by atoms with E-state index in [-0.39, 0.29) is 5.75 Å². The van der Waals surface area contributed by atoms with Crippen LogP contribution in [0.15, 0.2) is 18.3 Å². The molecule has 7 heteroatoms. The van der Waals surface area contributed by atoms with E-state index in [0.29, 0.717) is 0 Å². The molecule has 0 aliphatic rings. The molecule has 0 fully saturated rings. The second kappa shape index (κ2) is 5.44. The minimum atomic E-state index is -0.676. The second-order valence-electron chi connectivity index (χ2n) is 4.46. The van der Waals surface area contributed by atoms with Crippen LogP contribution in [0.25, 0.3) is 0 Å². The molecule has 0 spiro atoms. The van der Waals surface area contributed by atoms with Crippen molar-refractivity contribution in [2.24, 2.45) is 0 Å². The van der Waals surface area contributed by atoms with Crippen LogP contribution in [0, 0.1) is 10.1 Å². The molecule has 0 saturated heterocycles. The first-order valence-corrected chi connectivity index (χ1v) is 5.23. The molecule has 1 heterocycles. The molecule has 0 radical (unpaired) electrons. The van der Waals surface area contributed by atoms with Gasteiger partial charge in [-0.05, 0) is 42.8 Å². The molecule has 7 nitrogen and oxygen atoms in total. The van der Waals surface area contributed by atoms with Gasteiger partial charge in [-0.3, -0.25) is 0 Å². The molecular formula is C11H14N2O5. The van der Waals surface area contributed by atoms with Crippen molar-refractivity contribution in [1.29, 1.82) is 0 Å². The van der Waals surface area contributed by atoms with Gasteiger partial charge in [-0.25, -0.2) is 4.79 Å². The zero-order valence-electron chi connectivity index (χ0n) is 10.4. The number of nitro groups is 1. The van der Waals surface area contributed by atoms with Gasteiger partial charge in [-0.1, -0.05) is 0 Å². The lowest BCUT2D eigenvalue weighted by Gasteiger charge is -2.19. The van der Waals surface area contributed by atoms with Crippen LogP contribution in [-0.4, -0.2) is 28.1 Å². The number of carbonyl (C=O) groups is 1. The summed E-state index contributed by atoms with van der Waals surface area (Å²) in [5.41, 5.74) is -0.624. The standard InChI is InChI=1S/C11H14N2O5/c1-11(2,3)18-9(14)7-17-8-5-4-6-12-10(8)13(15)16/h4-6H,7H2,1-3H3. The molecular weight excluding hydrogens is 240 g/mol. The monoisotopic (exact) mass is 254 g/mol. The molecule has 1 aromatic heterocycles. The summed E-state index contributed by atoms with van der Waals surface area (Å²) in [6, 6.07) is 2.85. The number of carbonyl (C=O) groups excluding carboxylic acids is 1. The van der Waals surface area contributed by atoms with Crippen LogP contribution in [0.2, 0.25) is 0 Å². The minimum Gasteiger partial charge on any atom is -0.474 e. The summed E-state index contributed by atoms with van der Waals surface area (Å²) in [7, 11) is 0. The summed E-state index contributed by atoms with van der Waals surface area (Å²) in [6.45, 7) is 4.76. The maximum atomic E-state index is 11.4. The first-order valence-electron chi connectivity index (χ1n) is 5.23. The van der Waals surface area contributed by atoms with Gasteiger partial charge in [-0.15, -0.1) is 0 Å². The number of ether oxygens (including phenoxy) is 2. The SMILES string of the molecule is CC(C)(C)OC(=O)COc1cccnc1[N+](=O)[O-]. The first-order chi connectivity index (χ1) is 8.29. The van der Waals surface area contributed by atoms with Crippen LogP contribution in [0.3, 0.4) is 0 Å². The van der Waals surface area contributed by atoms with Gasteiger partial charge in [0.1, 0.15) is 11.8 Å². The normalized spacial score (nSPS) is 10.8. The summed E-state index contributed by atoms with van der Waals surface area (Å²) in [6.07, 6.45) is 1.28. The Labute approximate surface area is 104 Å². The lowest BCUT2D eigenvalue weighted by atomic mass is 10.2. The highest BCUT2D eigenvalue weighted by atomic mass is 16.6. The Balaban J connectivity index is 2.64. The van der Waals surface area contributed by atoms with E-state index in [2.05, 4.69) is 4.98 Å². The highest BCUT2D eigenvalue weighted by Gasteiger charge is 2.20. The fraction of sp³-hybridized carbons (Fsp3) is 0.455. The second-order valence-corrected chi connectivity index (χ2v) is 4.46. The van der Waals surface area contributed by atoms with Crippen molar-refractivity contribution in [3.8, 4) is 5.75 Å². The van der Waals surface area contributed by atoms with Crippen molar-refractivity contribution in [3.63, 3.8) is 0 Å². The number of hydrogen-bond acceptors (Lipinski definition) is 6. The van der Waals surface area contributed by atoms with Gasteiger partial charge in [0.15, 0.2) is 6.61 Å². The van der Waals surface area contributed by atoms with Crippen LogP contribution >= 0.6 is 0 Å². The lowest BCUT2D eigenvalue weighted by molar-refractivity contribution is -0.390. The Morgan fingerprint density at radius 1 is 1.50 bits per heavy atom. The van der Waals surface area contributed by atoms with Crippen LogP contribution < -0.4 is 4.74 Å². The van der Waals surface area contributed by atoms with Crippen LogP contribution in [-0.2, 0) is 9.53 Å². The van der Waals surface area contributed by atoms with Crippen molar-refractivity contribution >= 4 is 11.8 Å². The van der Waals surface area contributed by atoms with E-state index in [9.17, 15) is 14.9 Å². The minimum absolute atomic E-state index is 0.0617. The van der Waals surface area contributed by atoms with E-state index in [0.717, 1.165) is 0 Å². The maximum absolute atomic E-state index is 11.4. The van der Waals surface area contributed by atoms with Crippen molar-refractivity contribution in [2.45, 2.75) is 26.4 Å². The largest absolute Gasteiger partial charge is 0.474 e. The van der Waals surface area contributed by atoms with Gasteiger partial charge in [-0.2, -0.15) is 0 Å². The third-order valence-electron chi connectivity index (χ3n) is 1.69. The maximum Gasteiger partial charge on any atom is 0.406 e. The summed E-state index contributed by atoms with van der Waals surface area (Å²) in [5.74, 6) is -1.09. The third-order valence-corrected chi connectivity index (χ3v) is 1.69. The predicted molar refractivity (Wildman–Crippen MR) is 62.2 cm³/mol. The van der Waals surface area contributed by atoms with Crippen LogP contribution in [0.4, 0.5) is 5.82 Å². The molecule has 0 aromatic carbocycles. The average molecular weight is 254 g/mol. The molecule has 18 heavy (non-hydrogen) atoms. The molecule has 98 valence electrons. The molecule has 0 aliphatic heterocycles. The number of esters is 1. The van der Waals surface area contributed by atoms with Gasteiger partial charge < -0.3 is 19.6 Å². The fourth-order valence-corrected chi connectivity index (χ4v) is 1.14. The summed E-state index contributed by atoms with van der Waals surface area (Å²) in [4.78, 5) is 24.9. The lowest BCUT2D eigenvalue weighted by Crippen LogP contribution is -2.27. The zero-order chi connectivity index (χ0) is 13.8. The van der Waals surface area contributed by atoms with Crippen LogP contribution in [0.1, 0.15) is 20.8 Å². The van der Waals surface area contributed by atoms with E-state index in [1.807, 2.05) is 0 Å². The van der Waals surface area contributed by atoms with E-state index < -0.39 is 28.9 Å². The van der Waals surface area contributed by atoms with Crippen molar-refractivity contribution in [2.75, 3.05) is 6.61 Å². The smallest absolute Gasteiger partial charge is 0.406 e. The van der Waals surface area contributed by atoms with Crippen molar-refractivity contribution < 1.29 is 19.2 Å². The average Bonchev–Trinajstić information content (AvgIpc) is 2.24. The number of rotatable bonds is 4. The molecule has 1 aromatic rings. The molecule has 0 unspecified atom stereocenters. The predicted octanol–water partition coefficient (Wildman–Crippen LogP) is 1.71. The van der Waals surface area contributed by atoms with Gasteiger partial charge in [0.05, 0.1) is 0 Å². The summed E-state index contributed by atoms with van der Waals surface area (Å²) >= 11 is 0. The Hall–Kier alpha value is -2.18. The number of aromatic nitrogens is 1. The molecule has 0 bridgehead atoms. The molecule has 0 saturated carbocycles. The van der Waals surface area contributed by atoms with Gasteiger partial charge in [0.2, 0.25) is 5.75 Å². The number of hydrogen-bond donors (Lipinski definition) is 0. The van der Waals surface area contributed by atoms with E-state index in [1.165, 1.54) is 18.3 Å². The Bertz CT molecular complexity index is 453. The highest BCUT2D eigenvalue weighted by Crippen LogP contribution is 2.22. The molecule has 1 rings (SSSR count). The van der Waals surface area contributed by atoms with Crippen molar-refractivity contribution in [3.05, 3.63) is 28.4 Å². The van der Waals surface area contributed by atoms with Gasteiger partial charge >= 0.3 is 11.8 Å². The zero-order valence-corrected chi connectivity index (χ0v) is 10.4. The Morgan fingerprint density at radius 2 is 2.17 bits per heavy atom. The highest BCUT2D eigenvalue weighted by molar-refractivity contribution is 5.71. The number of pyridine rings is 1. The Kier molecular flexibility index (Phi) is 4.19. The van der Waals surface area contributed by atoms with E-state index >= 15 is 0 Å². The van der Waals surface area contributed by atoms with Gasteiger partial charge in [0.25, 0.3) is 0 Å². The third kappa shape index (κ3) is 4.36.